The Morgan fingerprint density at radius 1 is 1.12 bits per heavy atom. The van der Waals surface area contributed by atoms with Crippen LogP contribution >= 0.6 is 0 Å². The molecule has 1 atom stereocenters. The van der Waals surface area contributed by atoms with Gasteiger partial charge in [-0.15, -0.1) is 0 Å². The number of hydrogen-bond acceptors (Lipinski definition) is 5. The minimum Gasteiger partial charge on any atom is -0.448 e. The third kappa shape index (κ3) is 4.47. The Labute approximate surface area is 151 Å². The van der Waals surface area contributed by atoms with E-state index in [2.05, 4.69) is 5.32 Å². The number of primary sulfonamides is 1. The highest BCUT2D eigenvalue weighted by molar-refractivity contribution is 7.88. The zero-order valence-corrected chi connectivity index (χ0v) is 14.7. The van der Waals surface area contributed by atoms with E-state index in [0.29, 0.717) is 17.5 Å². The van der Waals surface area contributed by atoms with Gasteiger partial charge in [0, 0.05) is 13.0 Å². The predicted molar refractivity (Wildman–Crippen MR) is 94.4 cm³/mol. The van der Waals surface area contributed by atoms with Crippen LogP contribution in [0.3, 0.4) is 0 Å². The number of fused-ring (bicyclic) bond motifs is 1. The molecule has 0 bridgehead atoms. The molecule has 26 heavy (non-hydrogen) atoms. The number of hydrogen-bond donors (Lipinski definition) is 2. The summed E-state index contributed by atoms with van der Waals surface area (Å²) < 4.78 is 27.3. The van der Waals surface area contributed by atoms with Gasteiger partial charge in [0.1, 0.15) is 0 Å². The molecule has 136 valence electrons. The van der Waals surface area contributed by atoms with E-state index >= 15 is 0 Å². The molecule has 2 aromatic carbocycles. The lowest BCUT2D eigenvalue weighted by molar-refractivity contribution is -0.130. The van der Waals surface area contributed by atoms with Crippen molar-refractivity contribution in [3.8, 4) is 0 Å². The van der Waals surface area contributed by atoms with E-state index in [9.17, 15) is 18.0 Å². The van der Waals surface area contributed by atoms with Crippen molar-refractivity contribution < 1.29 is 22.7 Å². The second kappa shape index (κ2) is 7.27. The predicted octanol–water partition coefficient (Wildman–Crippen LogP) is 0.873. The van der Waals surface area contributed by atoms with Gasteiger partial charge in [-0.3, -0.25) is 4.79 Å². The lowest BCUT2D eigenvalue weighted by Crippen LogP contribution is -2.41. The fourth-order valence-corrected chi connectivity index (χ4v) is 3.42. The first-order valence-corrected chi connectivity index (χ1v) is 9.68. The Balaban J connectivity index is 1.59. The molecular weight excluding hydrogens is 356 g/mol. The molecule has 3 rings (SSSR count). The van der Waals surface area contributed by atoms with E-state index in [1.54, 1.807) is 42.5 Å². The molecule has 1 aliphatic rings. The first-order chi connectivity index (χ1) is 12.3. The maximum atomic E-state index is 12.3. The molecule has 8 heteroatoms. The molecule has 0 unspecified atom stereocenters. The van der Waals surface area contributed by atoms with Gasteiger partial charge in [-0.05, 0) is 22.8 Å². The molecule has 2 aromatic rings. The van der Waals surface area contributed by atoms with Gasteiger partial charge in [0.05, 0.1) is 11.3 Å². The van der Waals surface area contributed by atoms with Gasteiger partial charge in [-0.2, -0.15) is 0 Å². The van der Waals surface area contributed by atoms with E-state index in [0.717, 1.165) is 11.1 Å². The highest BCUT2D eigenvalue weighted by atomic mass is 32.2. The monoisotopic (exact) mass is 374 g/mol. The fraction of sp³-hybridized carbons (Fsp3) is 0.222. The van der Waals surface area contributed by atoms with Gasteiger partial charge in [0.15, 0.2) is 6.10 Å². The molecule has 7 nitrogen and oxygen atoms in total. The van der Waals surface area contributed by atoms with Crippen LogP contribution in [0, 0.1) is 0 Å². The van der Waals surface area contributed by atoms with Gasteiger partial charge in [-0.25, -0.2) is 18.4 Å². The second-order valence-corrected chi connectivity index (χ2v) is 7.71. The zero-order chi connectivity index (χ0) is 18.7. The number of nitrogens with two attached hydrogens (primary N) is 1. The molecule has 0 fully saturated rings. The summed E-state index contributed by atoms with van der Waals surface area (Å²) in [7, 11) is -3.58. The summed E-state index contributed by atoms with van der Waals surface area (Å²) in [6, 6.07) is 13.8. The molecule has 1 heterocycles. The SMILES string of the molecule is NS(=O)(=O)Cc1ccc(CNC(=O)[C@H]2Cc3ccccc3C(=O)O2)cc1. The van der Waals surface area contributed by atoms with Crippen molar-refractivity contribution >= 4 is 21.9 Å². The van der Waals surface area contributed by atoms with Crippen LogP contribution < -0.4 is 10.5 Å². The second-order valence-electron chi connectivity index (χ2n) is 6.10. The summed E-state index contributed by atoms with van der Waals surface area (Å²) >= 11 is 0. The highest BCUT2D eigenvalue weighted by Crippen LogP contribution is 2.20. The normalized spacial score (nSPS) is 16.5. The number of cyclic esters (lactones) is 1. The fourth-order valence-electron chi connectivity index (χ4n) is 2.77. The van der Waals surface area contributed by atoms with Crippen LogP contribution in [-0.4, -0.2) is 26.4 Å². The van der Waals surface area contributed by atoms with E-state index in [1.807, 2.05) is 6.07 Å². The van der Waals surface area contributed by atoms with Crippen molar-refractivity contribution in [1.29, 1.82) is 0 Å². The summed E-state index contributed by atoms with van der Waals surface area (Å²) in [6.07, 6.45) is -0.528. The Bertz CT molecular complexity index is 938. The summed E-state index contributed by atoms with van der Waals surface area (Å²) in [5.74, 6) is -1.11. The Morgan fingerprint density at radius 2 is 1.77 bits per heavy atom. The van der Waals surface area contributed by atoms with Crippen LogP contribution in [0.5, 0.6) is 0 Å². The Hall–Kier alpha value is -2.71. The quantitative estimate of drug-likeness (QED) is 0.754. The van der Waals surface area contributed by atoms with Gasteiger partial charge in [0.2, 0.25) is 10.0 Å². The summed E-state index contributed by atoms with van der Waals surface area (Å²) in [5.41, 5.74) is 2.64. The minimum atomic E-state index is -3.58. The number of amides is 1. The number of benzene rings is 2. The Kier molecular flexibility index (Phi) is 5.06. The van der Waals surface area contributed by atoms with E-state index in [-0.39, 0.29) is 18.2 Å². The standard InChI is InChI=1S/C18H18N2O5S/c19-26(23,24)11-13-7-5-12(6-8-13)10-20-17(21)16-9-14-3-1-2-4-15(14)18(22)25-16/h1-8,16H,9-11H2,(H,20,21)(H2,19,23,24)/t16-/m1/s1. The summed E-state index contributed by atoms with van der Waals surface area (Å²) in [4.78, 5) is 24.3. The van der Waals surface area contributed by atoms with Gasteiger partial charge < -0.3 is 10.1 Å². The van der Waals surface area contributed by atoms with Crippen LogP contribution in [0.15, 0.2) is 48.5 Å². The number of sulfonamides is 1. The van der Waals surface area contributed by atoms with E-state index < -0.39 is 22.1 Å². The number of carbonyl (C=O) groups is 2. The summed E-state index contributed by atoms with van der Waals surface area (Å²) in [6.45, 7) is 0.240. The molecule has 1 aliphatic heterocycles. The molecule has 1 amide bonds. The van der Waals surface area contributed by atoms with Gasteiger partial charge >= 0.3 is 5.97 Å². The third-order valence-corrected chi connectivity index (χ3v) is 4.78. The van der Waals surface area contributed by atoms with E-state index in [1.165, 1.54) is 0 Å². The molecule has 0 spiro atoms. The van der Waals surface area contributed by atoms with Crippen LogP contribution in [0.25, 0.3) is 0 Å². The first kappa shape index (κ1) is 18.1. The topological polar surface area (TPSA) is 116 Å². The largest absolute Gasteiger partial charge is 0.448 e. The maximum Gasteiger partial charge on any atom is 0.339 e. The Morgan fingerprint density at radius 3 is 2.46 bits per heavy atom. The third-order valence-electron chi connectivity index (χ3n) is 4.04. The van der Waals surface area contributed by atoms with Crippen LogP contribution in [0.4, 0.5) is 0 Å². The molecule has 3 N–H and O–H groups in total. The van der Waals surface area contributed by atoms with E-state index in [4.69, 9.17) is 9.88 Å². The van der Waals surface area contributed by atoms with Crippen molar-refractivity contribution in [3.63, 3.8) is 0 Å². The molecule has 0 aliphatic carbocycles. The van der Waals surface area contributed by atoms with Gasteiger partial charge in [-0.1, -0.05) is 42.5 Å². The van der Waals surface area contributed by atoms with Crippen molar-refractivity contribution in [3.05, 3.63) is 70.8 Å². The first-order valence-electron chi connectivity index (χ1n) is 7.97. The van der Waals surface area contributed by atoms with Crippen molar-refractivity contribution in [2.45, 2.75) is 24.8 Å². The van der Waals surface area contributed by atoms with Crippen molar-refractivity contribution in [2.75, 3.05) is 0 Å². The smallest absolute Gasteiger partial charge is 0.339 e. The zero-order valence-electron chi connectivity index (χ0n) is 13.8. The molecule has 0 saturated heterocycles. The molecule has 0 radical (unpaired) electrons. The van der Waals surface area contributed by atoms with Crippen LogP contribution in [-0.2, 0) is 38.3 Å². The minimum absolute atomic E-state index is 0.239. The molecular formula is C18H18N2O5S. The van der Waals surface area contributed by atoms with Crippen LogP contribution in [0.1, 0.15) is 27.0 Å². The van der Waals surface area contributed by atoms with Gasteiger partial charge in [0.25, 0.3) is 5.91 Å². The number of nitrogens with one attached hydrogen (secondary N) is 1. The van der Waals surface area contributed by atoms with Crippen LogP contribution in [0.2, 0.25) is 0 Å². The van der Waals surface area contributed by atoms with Crippen molar-refractivity contribution in [1.82, 2.24) is 5.32 Å². The average Bonchev–Trinajstić information content (AvgIpc) is 2.59. The lowest BCUT2D eigenvalue weighted by atomic mass is 9.98. The van der Waals surface area contributed by atoms with Crippen molar-refractivity contribution in [2.24, 2.45) is 5.14 Å². The summed E-state index contributed by atoms with van der Waals surface area (Å²) in [5, 5.41) is 7.73. The highest BCUT2D eigenvalue weighted by Gasteiger charge is 2.30. The number of rotatable bonds is 5. The average molecular weight is 374 g/mol. The number of carbonyl (C=O) groups excluding carboxylic acids is 2. The number of ether oxygens (including phenoxy) is 1. The molecule has 0 saturated carbocycles. The molecule has 0 aromatic heterocycles. The maximum absolute atomic E-state index is 12.3. The lowest BCUT2D eigenvalue weighted by Gasteiger charge is -2.23. The number of esters is 1.